The zero-order valence-electron chi connectivity index (χ0n) is 11.4. The number of nitrogens with zero attached hydrogens (tertiary/aromatic N) is 2. The van der Waals surface area contributed by atoms with Crippen LogP contribution in [0.2, 0.25) is 0 Å². The molecule has 0 N–H and O–H groups in total. The third-order valence-electron chi connectivity index (χ3n) is 2.82. The molecule has 0 fully saturated rings. The van der Waals surface area contributed by atoms with Gasteiger partial charge in [0.1, 0.15) is 6.04 Å². The average Bonchev–Trinajstić information content (AvgIpc) is 2.43. The summed E-state index contributed by atoms with van der Waals surface area (Å²) in [6.07, 6.45) is 0. The Kier molecular flexibility index (Phi) is 4.67. The van der Waals surface area contributed by atoms with Gasteiger partial charge in [0.15, 0.2) is 11.5 Å². The van der Waals surface area contributed by atoms with Crippen LogP contribution in [0.3, 0.4) is 0 Å². The van der Waals surface area contributed by atoms with E-state index >= 15 is 0 Å². The molecule has 5 nitrogen and oxygen atoms in total. The molecule has 0 aliphatic carbocycles. The first kappa shape index (κ1) is 14.0. The molecule has 1 unspecified atom stereocenters. The maximum absolute atomic E-state index is 8.94. The van der Waals surface area contributed by atoms with Crippen LogP contribution in [-0.4, -0.2) is 34.4 Å². The van der Waals surface area contributed by atoms with Crippen LogP contribution in [0.15, 0.2) is 12.1 Å². The van der Waals surface area contributed by atoms with Gasteiger partial charge in [-0.3, -0.25) is 0 Å². The highest BCUT2D eigenvalue weighted by molar-refractivity contribution is 5.64. The average molecular weight is 250 g/mol. The number of hydrogen-bond donors (Lipinski definition) is 0. The first-order valence-electron chi connectivity index (χ1n) is 5.51. The quantitative estimate of drug-likeness (QED) is 0.800. The van der Waals surface area contributed by atoms with Crippen LogP contribution < -0.4 is 19.1 Å². The number of hydrogen-bond acceptors (Lipinski definition) is 5. The van der Waals surface area contributed by atoms with E-state index in [2.05, 4.69) is 6.07 Å². The summed E-state index contributed by atoms with van der Waals surface area (Å²) < 4.78 is 15.8. The first-order valence-corrected chi connectivity index (χ1v) is 5.51. The van der Waals surface area contributed by atoms with Gasteiger partial charge in [-0.15, -0.1) is 0 Å². The minimum absolute atomic E-state index is 0.243. The third kappa shape index (κ3) is 2.59. The van der Waals surface area contributed by atoms with E-state index in [0.717, 1.165) is 5.69 Å². The molecule has 5 heteroatoms. The Hall–Kier alpha value is -2.09. The molecule has 0 aromatic heterocycles. The standard InChI is InChI=1S/C13H18N2O3/c1-9(8-14)15(2)10-6-11(16-3)13(18-5)12(7-10)17-4/h6-7,9H,1-5H3. The van der Waals surface area contributed by atoms with Crippen molar-refractivity contribution in [3.8, 4) is 23.3 Å². The molecule has 0 saturated carbocycles. The van der Waals surface area contributed by atoms with Crippen molar-refractivity contribution in [1.29, 1.82) is 5.26 Å². The van der Waals surface area contributed by atoms with E-state index in [1.165, 1.54) is 0 Å². The van der Waals surface area contributed by atoms with Crippen molar-refractivity contribution < 1.29 is 14.2 Å². The minimum atomic E-state index is -0.243. The molecule has 0 amide bonds. The van der Waals surface area contributed by atoms with Crippen LogP contribution in [0.25, 0.3) is 0 Å². The Morgan fingerprint density at radius 3 is 1.94 bits per heavy atom. The highest BCUT2D eigenvalue weighted by Gasteiger charge is 2.17. The molecule has 98 valence electrons. The van der Waals surface area contributed by atoms with Gasteiger partial charge >= 0.3 is 0 Å². The molecule has 1 aromatic rings. The lowest BCUT2D eigenvalue weighted by Gasteiger charge is -2.23. The molecule has 1 rings (SSSR count). The predicted octanol–water partition coefficient (Wildman–Crippen LogP) is 2.06. The topological polar surface area (TPSA) is 54.7 Å². The van der Waals surface area contributed by atoms with Gasteiger partial charge in [0.2, 0.25) is 5.75 Å². The number of ether oxygens (including phenoxy) is 3. The number of methoxy groups -OCH3 is 3. The van der Waals surface area contributed by atoms with Gasteiger partial charge in [0.25, 0.3) is 0 Å². The molecule has 0 aliphatic heterocycles. The predicted molar refractivity (Wildman–Crippen MR) is 69.6 cm³/mol. The molecule has 0 aliphatic rings. The molecular formula is C13H18N2O3. The van der Waals surface area contributed by atoms with Crippen LogP contribution in [0.5, 0.6) is 17.2 Å². The van der Waals surface area contributed by atoms with E-state index in [-0.39, 0.29) is 6.04 Å². The maximum atomic E-state index is 8.94. The fourth-order valence-electron chi connectivity index (χ4n) is 1.58. The van der Waals surface area contributed by atoms with Gasteiger partial charge in [-0.2, -0.15) is 5.26 Å². The second-order valence-electron chi connectivity index (χ2n) is 3.80. The summed E-state index contributed by atoms with van der Waals surface area (Å²) in [7, 11) is 6.53. The molecule has 0 bridgehead atoms. The van der Waals surface area contributed by atoms with Gasteiger partial charge in [-0.25, -0.2) is 0 Å². The van der Waals surface area contributed by atoms with Crippen molar-refractivity contribution in [2.45, 2.75) is 13.0 Å². The lowest BCUT2D eigenvalue weighted by molar-refractivity contribution is 0.324. The Morgan fingerprint density at radius 2 is 1.61 bits per heavy atom. The first-order chi connectivity index (χ1) is 8.58. The van der Waals surface area contributed by atoms with E-state index < -0.39 is 0 Å². The SMILES string of the molecule is COc1cc(N(C)C(C)C#N)cc(OC)c1OC. The summed E-state index contributed by atoms with van der Waals surface area (Å²) in [5.74, 6) is 1.69. The van der Waals surface area contributed by atoms with Gasteiger partial charge in [-0.1, -0.05) is 0 Å². The Balaban J connectivity index is 3.28. The largest absolute Gasteiger partial charge is 0.493 e. The molecule has 0 heterocycles. The molecule has 0 saturated heterocycles. The monoisotopic (exact) mass is 250 g/mol. The second kappa shape index (κ2) is 6.01. The lowest BCUT2D eigenvalue weighted by atomic mass is 10.2. The fraction of sp³-hybridized carbons (Fsp3) is 0.462. The lowest BCUT2D eigenvalue weighted by Crippen LogP contribution is -2.27. The van der Waals surface area contributed by atoms with E-state index in [1.54, 1.807) is 21.3 Å². The van der Waals surface area contributed by atoms with Crippen LogP contribution in [-0.2, 0) is 0 Å². The van der Waals surface area contributed by atoms with E-state index in [0.29, 0.717) is 17.2 Å². The van der Waals surface area contributed by atoms with Gasteiger partial charge in [0, 0.05) is 24.9 Å². The molecule has 1 aromatic carbocycles. The van der Waals surface area contributed by atoms with Crippen LogP contribution >= 0.6 is 0 Å². The van der Waals surface area contributed by atoms with E-state index in [1.807, 2.05) is 31.0 Å². The van der Waals surface area contributed by atoms with E-state index in [9.17, 15) is 0 Å². The summed E-state index contributed by atoms with van der Waals surface area (Å²) in [6.45, 7) is 1.82. The zero-order valence-corrected chi connectivity index (χ0v) is 11.4. The van der Waals surface area contributed by atoms with Crippen molar-refractivity contribution >= 4 is 5.69 Å². The molecular weight excluding hydrogens is 232 g/mol. The third-order valence-corrected chi connectivity index (χ3v) is 2.82. The normalized spacial score (nSPS) is 11.3. The van der Waals surface area contributed by atoms with Crippen LogP contribution in [0.1, 0.15) is 6.92 Å². The number of nitriles is 1. The fourth-order valence-corrected chi connectivity index (χ4v) is 1.58. The van der Waals surface area contributed by atoms with Gasteiger partial charge in [0.05, 0.1) is 27.4 Å². The van der Waals surface area contributed by atoms with Crippen molar-refractivity contribution in [3.05, 3.63) is 12.1 Å². The highest BCUT2D eigenvalue weighted by atomic mass is 16.5. The van der Waals surface area contributed by atoms with Crippen molar-refractivity contribution in [3.63, 3.8) is 0 Å². The molecule has 18 heavy (non-hydrogen) atoms. The number of rotatable bonds is 5. The number of benzene rings is 1. The summed E-state index contributed by atoms with van der Waals surface area (Å²) in [4.78, 5) is 1.84. The zero-order chi connectivity index (χ0) is 13.7. The number of anilines is 1. The van der Waals surface area contributed by atoms with Gasteiger partial charge in [-0.05, 0) is 6.92 Å². The van der Waals surface area contributed by atoms with Crippen molar-refractivity contribution in [2.75, 3.05) is 33.3 Å². The van der Waals surface area contributed by atoms with Crippen LogP contribution in [0.4, 0.5) is 5.69 Å². The molecule has 0 spiro atoms. The van der Waals surface area contributed by atoms with E-state index in [4.69, 9.17) is 19.5 Å². The van der Waals surface area contributed by atoms with Crippen molar-refractivity contribution in [1.82, 2.24) is 0 Å². The molecule has 1 atom stereocenters. The Bertz CT molecular complexity index is 429. The summed E-state index contributed by atoms with van der Waals surface area (Å²) in [6, 6.07) is 5.57. The summed E-state index contributed by atoms with van der Waals surface area (Å²) in [5.41, 5.74) is 0.832. The minimum Gasteiger partial charge on any atom is -0.493 e. The maximum Gasteiger partial charge on any atom is 0.203 e. The Morgan fingerprint density at radius 1 is 1.11 bits per heavy atom. The van der Waals surface area contributed by atoms with Gasteiger partial charge < -0.3 is 19.1 Å². The smallest absolute Gasteiger partial charge is 0.203 e. The highest BCUT2D eigenvalue weighted by Crippen LogP contribution is 2.41. The molecule has 0 radical (unpaired) electrons. The van der Waals surface area contributed by atoms with Crippen LogP contribution in [0, 0.1) is 11.3 Å². The second-order valence-corrected chi connectivity index (χ2v) is 3.80. The Labute approximate surface area is 107 Å². The summed E-state index contributed by atoms with van der Waals surface area (Å²) >= 11 is 0. The summed E-state index contributed by atoms with van der Waals surface area (Å²) in [5, 5.41) is 8.94. The van der Waals surface area contributed by atoms with Crippen molar-refractivity contribution in [2.24, 2.45) is 0 Å².